The molecule has 0 aliphatic rings. The summed E-state index contributed by atoms with van der Waals surface area (Å²) in [6, 6.07) is 0. The Hall–Kier alpha value is -1.31. The second kappa shape index (κ2) is 6.40. The summed E-state index contributed by atoms with van der Waals surface area (Å²) in [6.45, 7) is 7.10. The Morgan fingerprint density at radius 2 is 2.17 bits per heavy atom. The molecule has 2 nitrogen and oxygen atoms in total. The molecule has 0 amide bonds. The van der Waals surface area contributed by atoms with Crippen molar-refractivity contribution in [1.82, 2.24) is 0 Å². The summed E-state index contributed by atoms with van der Waals surface area (Å²) in [5.74, 6) is -0.870. The van der Waals surface area contributed by atoms with Gasteiger partial charge in [0.2, 0.25) is 0 Å². The van der Waals surface area contributed by atoms with Crippen LogP contribution in [0.5, 0.6) is 0 Å². The molecule has 0 aromatic rings. The number of carboxylic acids is 1. The van der Waals surface area contributed by atoms with E-state index in [-0.39, 0.29) is 12.3 Å². The molecule has 0 aromatic heterocycles. The molecule has 1 N–H and O–H groups in total. The average Bonchev–Trinajstić information content (AvgIpc) is 2.02. The van der Waals surface area contributed by atoms with Gasteiger partial charge in [-0.25, -0.2) is 0 Å². The Balaban J connectivity index is 3.89. The van der Waals surface area contributed by atoms with Crippen LogP contribution in [-0.4, -0.2) is 11.1 Å². The van der Waals surface area contributed by atoms with Gasteiger partial charge in [-0.1, -0.05) is 24.3 Å². The molecule has 0 spiro atoms. The van der Waals surface area contributed by atoms with Crippen LogP contribution in [0, 0.1) is 5.92 Å². The molecule has 0 aromatic carbocycles. The van der Waals surface area contributed by atoms with Crippen molar-refractivity contribution in [2.45, 2.75) is 12.8 Å². The van der Waals surface area contributed by atoms with Crippen LogP contribution in [0.15, 0.2) is 37.5 Å². The third-order valence-electron chi connectivity index (χ3n) is 1.40. The summed E-state index contributed by atoms with van der Waals surface area (Å²) in [5, 5.41) is 8.47. The van der Waals surface area contributed by atoms with E-state index in [1.807, 2.05) is 12.2 Å². The summed E-state index contributed by atoms with van der Waals surface area (Å²) in [6.07, 6.45) is 8.00. The molecule has 12 heavy (non-hydrogen) atoms. The lowest BCUT2D eigenvalue weighted by Crippen LogP contribution is -2.02. The van der Waals surface area contributed by atoms with Crippen LogP contribution >= 0.6 is 0 Å². The zero-order valence-corrected chi connectivity index (χ0v) is 7.07. The van der Waals surface area contributed by atoms with E-state index in [9.17, 15) is 4.79 Å². The highest BCUT2D eigenvalue weighted by Gasteiger charge is 2.04. The lowest BCUT2D eigenvalue weighted by Gasteiger charge is -2.01. The first-order chi connectivity index (χ1) is 5.70. The van der Waals surface area contributed by atoms with Gasteiger partial charge in [0.1, 0.15) is 0 Å². The Morgan fingerprint density at radius 1 is 1.50 bits per heavy atom. The quantitative estimate of drug-likeness (QED) is 0.615. The molecule has 2 heteroatoms. The summed E-state index contributed by atoms with van der Waals surface area (Å²) in [5.41, 5.74) is 0. The van der Waals surface area contributed by atoms with E-state index in [1.165, 1.54) is 0 Å². The maximum absolute atomic E-state index is 10.3. The Morgan fingerprint density at radius 3 is 2.58 bits per heavy atom. The fourth-order valence-electron chi connectivity index (χ4n) is 0.781. The monoisotopic (exact) mass is 166 g/mol. The van der Waals surface area contributed by atoms with Crippen molar-refractivity contribution in [3.63, 3.8) is 0 Å². The normalized spacial score (nSPS) is 12.7. The molecule has 0 fully saturated rings. The topological polar surface area (TPSA) is 37.3 Å². The van der Waals surface area contributed by atoms with Crippen LogP contribution in [0.2, 0.25) is 0 Å². The van der Waals surface area contributed by atoms with Gasteiger partial charge in [-0.05, 0) is 6.42 Å². The van der Waals surface area contributed by atoms with E-state index in [4.69, 9.17) is 5.11 Å². The zero-order valence-electron chi connectivity index (χ0n) is 7.07. The predicted molar refractivity (Wildman–Crippen MR) is 49.9 cm³/mol. The van der Waals surface area contributed by atoms with Crippen molar-refractivity contribution in [1.29, 1.82) is 0 Å². The van der Waals surface area contributed by atoms with Crippen molar-refractivity contribution < 1.29 is 9.90 Å². The first-order valence-corrected chi connectivity index (χ1v) is 3.82. The summed E-state index contributed by atoms with van der Waals surface area (Å²) >= 11 is 0. The third kappa shape index (κ3) is 5.47. The maximum Gasteiger partial charge on any atom is 0.304 e. The van der Waals surface area contributed by atoms with Crippen molar-refractivity contribution in [2.24, 2.45) is 5.92 Å². The van der Waals surface area contributed by atoms with E-state index < -0.39 is 5.97 Å². The maximum atomic E-state index is 10.3. The Kier molecular flexibility index (Phi) is 5.70. The lowest BCUT2D eigenvalue weighted by atomic mass is 10.1. The molecule has 0 saturated carbocycles. The minimum atomic E-state index is -0.803. The van der Waals surface area contributed by atoms with Crippen LogP contribution in [0.4, 0.5) is 0 Å². The molecule has 0 bridgehead atoms. The van der Waals surface area contributed by atoms with E-state index in [0.717, 1.165) is 6.42 Å². The molecule has 1 atom stereocenters. The van der Waals surface area contributed by atoms with E-state index in [1.54, 1.807) is 12.2 Å². The standard InChI is InChI=1S/C10H14O2/c1-3-5-6-7-9(4-2)8-10(11)12/h3-4,6-7,9H,1-2,5,8H2,(H,11,12)/b7-6+. The second-order valence-corrected chi connectivity index (χ2v) is 2.45. The van der Waals surface area contributed by atoms with Crippen molar-refractivity contribution in [3.8, 4) is 0 Å². The first kappa shape index (κ1) is 10.7. The second-order valence-electron chi connectivity index (χ2n) is 2.45. The molecule has 66 valence electrons. The molecular weight excluding hydrogens is 152 g/mol. The van der Waals surface area contributed by atoms with Crippen LogP contribution in [-0.2, 0) is 4.79 Å². The summed E-state index contributed by atoms with van der Waals surface area (Å²) < 4.78 is 0. The largest absolute Gasteiger partial charge is 0.481 e. The summed E-state index contributed by atoms with van der Waals surface area (Å²) in [7, 11) is 0. The van der Waals surface area contributed by atoms with E-state index in [0.29, 0.717) is 0 Å². The molecular formula is C10H14O2. The zero-order chi connectivity index (χ0) is 9.40. The van der Waals surface area contributed by atoms with Gasteiger partial charge in [-0.2, -0.15) is 0 Å². The molecule has 1 unspecified atom stereocenters. The molecule has 0 rings (SSSR count). The van der Waals surface area contributed by atoms with Crippen LogP contribution in [0.1, 0.15) is 12.8 Å². The fraction of sp³-hybridized carbons (Fsp3) is 0.300. The lowest BCUT2D eigenvalue weighted by molar-refractivity contribution is -0.137. The number of hydrogen-bond acceptors (Lipinski definition) is 1. The molecule has 0 aliphatic heterocycles. The highest BCUT2D eigenvalue weighted by Crippen LogP contribution is 2.06. The number of rotatable bonds is 6. The van der Waals surface area contributed by atoms with Crippen molar-refractivity contribution >= 4 is 5.97 Å². The SMILES string of the molecule is C=CC/C=C/C(C=C)CC(=O)O. The minimum absolute atomic E-state index is 0.0672. The average molecular weight is 166 g/mol. The van der Waals surface area contributed by atoms with Gasteiger partial charge in [0, 0.05) is 5.92 Å². The Bertz CT molecular complexity index is 192. The number of aliphatic carboxylic acids is 1. The highest BCUT2D eigenvalue weighted by molar-refractivity contribution is 5.67. The molecule has 0 saturated heterocycles. The van der Waals surface area contributed by atoms with Crippen LogP contribution in [0.25, 0.3) is 0 Å². The van der Waals surface area contributed by atoms with Gasteiger partial charge < -0.3 is 5.11 Å². The van der Waals surface area contributed by atoms with E-state index in [2.05, 4.69) is 13.2 Å². The van der Waals surface area contributed by atoms with Crippen molar-refractivity contribution in [3.05, 3.63) is 37.5 Å². The van der Waals surface area contributed by atoms with Gasteiger partial charge in [0.15, 0.2) is 0 Å². The molecule has 0 radical (unpaired) electrons. The fourth-order valence-corrected chi connectivity index (χ4v) is 0.781. The smallest absolute Gasteiger partial charge is 0.304 e. The van der Waals surface area contributed by atoms with Gasteiger partial charge in [-0.3, -0.25) is 4.79 Å². The number of hydrogen-bond donors (Lipinski definition) is 1. The molecule has 0 aliphatic carbocycles. The number of allylic oxidation sites excluding steroid dienone is 4. The summed E-state index contributed by atoms with van der Waals surface area (Å²) in [4.78, 5) is 10.3. The van der Waals surface area contributed by atoms with Crippen LogP contribution < -0.4 is 0 Å². The highest BCUT2D eigenvalue weighted by atomic mass is 16.4. The van der Waals surface area contributed by atoms with Crippen molar-refractivity contribution in [2.75, 3.05) is 0 Å². The van der Waals surface area contributed by atoms with Gasteiger partial charge >= 0.3 is 5.97 Å². The van der Waals surface area contributed by atoms with Gasteiger partial charge in [-0.15, -0.1) is 13.2 Å². The number of carboxylic acid groups (broad SMARTS) is 1. The van der Waals surface area contributed by atoms with Gasteiger partial charge in [0.25, 0.3) is 0 Å². The van der Waals surface area contributed by atoms with Gasteiger partial charge in [0.05, 0.1) is 6.42 Å². The van der Waals surface area contributed by atoms with Crippen LogP contribution in [0.3, 0.4) is 0 Å². The minimum Gasteiger partial charge on any atom is -0.481 e. The predicted octanol–water partition coefficient (Wildman–Crippen LogP) is 2.40. The molecule has 0 heterocycles. The number of carbonyl (C=O) groups is 1. The Labute approximate surface area is 72.9 Å². The third-order valence-corrected chi connectivity index (χ3v) is 1.40. The first-order valence-electron chi connectivity index (χ1n) is 3.82. The van der Waals surface area contributed by atoms with E-state index >= 15 is 0 Å².